The van der Waals surface area contributed by atoms with Gasteiger partial charge in [0.2, 0.25) is 0 Å². The molecule has 0 spiro atoms. The molecular weight excluding hydrogens is 200 g/mol. The number of aliphatic hydroxyl groups excluding tert-OH is 1. The maximum atomic E-state index is 11.0. The third-order valence-corrected chi connectivity index (χ3v) is 2.88. The summed E-state index contributed by atoms with van der Waals surface area (Å²) in [4.78, 5) is 11.0. The average Bonchev–Trinajstić information content (AvgIpc) is 2.27. The van der Waals surface area contributed by atoms with Gasteiger partial charge in [0.1, 0.15) is 5.78 Å². The number of aliphatic hydroxyl groups is 1. The number of ketones is 1. The topological polar surface area (TPSA) is 37.3 Å². The van der Waals surface area contributed by atoms with Crippen LogP contribution in [0.4, 0.5) is 0 Å². The van der Waals surface area contributed by atoms with Crippen LogP contribution in [0.2, 0.25) is 0 Å². The molecule has 0 bridgehead atoms. The lowest BCUT2D eigenvalue weighted by Crippen LogP contribution is -2.12. The number of hydrogen-bond acceptors (Lipinski definition) is 2. The van der Waals surface area contributed by atoms with Gasteiger partial charge in [-0.15, -0.1) is 0 Å². The molecule has 1 atom stereocenters. The normalized spacial score (nSPS) is 12.7. The number of unbranched alkanes of at least 4 members (excludes halogenated alkanes) is 6. The van der Waals surface area contributed by atoms with E-state index in [2.05, 4.69) is 13.8 Å². The second kappa shape index (κ2) is 11.1. The second-order valence-corrected chi connectivity index (χ2v) is 4.56. The predicted octanol–water partition coefficient (Wildman–Crippen LogP) is 3.67. The van der Waals surface area contributed by atoms with E-state index in [1.807, 2.05) is 0 Å². The number of Topliss-reactive ketones (excluding diaryl/α,β-unsaturated/α-hetero) is 1. The highest BCUT2D eigenvalue weighted by Crippen LogP contribution is 2.11. The summed E-state index contributed by atoms with van der Waals surface area (Å²) >= 11 is 0. The highest BCUT2D eigenvalue weighted by molar-refractivity contribution is 5.79. The van der Waals surface area contributed by atoms with E-state index in [9.17, 15) is 9.90 Å². The summed E-state index contributed by atoms with van der Waals surface area (Å²) in [5.74, 6) is 0.0652. The molecule has 0 aliphatic rings. The Morgan fingerprint density at radius 3 is 2.25 bits per heavy atom. The molecule has 0 fully saturated rings. The predicted molar refractivity (Wildman–Crippen MR) is 68.2 cm³/mol. The molecule has 0 aromatic carbocycles. The zero-order valence-corrected chi connectivity index (χ0v) is 10.7. The summed E-state index contributed by atoms with van der Waals surface area (Å²) in [6, 6.07) is 0. The molecular formula is C14H27O2. The first-order valence-electron chi connectivity index (χ1n) is 6.69. The Kier molecular flexibility index (Phi) is 10.9. The van der Waals surface area contributed by atoms with Crippen LogP contribution in [0.15, 0.2) is 0 Å². The standard InChI is InChI=1S/C14H27O2/c1-3-5-6-7-8-9-10-11-14(16)12-13(15)4-2/h14,16H,2-12H2,1H3. The summed E-state index contributed by atoms with van der Waals surface area (Å²) in [6.07, 6.45) is 9.65. The summed E-state index contributed by atoms with van der Waals surface area (Å²) in [5, 5.41) is 9.54. The summed E-state index contributed by atoms with van der Waals surface area (Å²) in [7, 11) is 0. The lowest BCUT2D eigenvalue weighted by Gasteiger charge is -2.08. The maximum Gasteiger partial charge on any atom is 0.135 e. The third-order valence-electron chi connectivity index (χ3n) is 2.88. The quantitative estimate of drug-likeness (QED) is 0.547. The molecule has 1 unspecified atom stereocenters. The fourth-order valence-electron chi connectivity index (χ4n) is 1.80. The first-order chi connectivity index (χ1) is 7.70. The summed E-state index contributed by atoms with van der Waals surface area (Å²) in [6.45, 7) is 5.73. The molecule has 0 heterocycles. The van der Waals surface area contributed by atoms with Crippen LogP contribution in [-0.4, -0.2) is 17.0 Å². The van der Waals surface area contributed by atoms with Crippen LogP contribution in [-0.2, 0) is 4.79 Å². The minimum Gasteiger partial charge on any atom is -0.393 e. The maximum absolute atomic E-state index is 11.0. The van der Waals surface area contributed by atoms with E-state index in [1.165, 1.54) is 38.5 Å². The van der Waals surface area contributed by atoms with Crippen molar-refractivity contribution in [3.8, 4) is 0 Å². The molecule has 0 aliphatic heterocycles. The zero-order chi connectivity index (χ0) is 12.2. The van der Waals surface area contributed by atoms with Crippen LogP contribution in [0.3, 0.4) is 0 Å². The summed E-state index contributed by atoms with van der Waals surface area (Å²) in [5.41, 5.74) is 0. The Morgan fingerprint density at radius 1 is 1.12 bits per heavy atom. The van der Waals surface area contributed by atoms with Gasteiger partial charge in [0.05, 0.1) is 6.10 Å². The zero-order valence-electron chi connectivity index (χ0n) is 10.7. The molecule has 0 saturated heterocycles. The van der Waals surface area contributed by atoms with E-state index >= 15 is 0 Å². The van der Waals surface area contributed by atoms with Crippen molar-refractivity contribution < 1.29 is 9.90 Å². The van der Waals surface area contributed by atoms with Crippen molar-refractivity contribution in [1.29, 1.82) is 0 Å². The number of hydrogen-bond donors (Lipinski definition) is 1. The van der Waals surface area contributed by atoms with E-state index in [0.29, 0.717) is 12.8 Å². The van der Waals surface area contributed by atoms with Crippen LogP contribution >= 0.6 is 0 Å². The van der Waals surface area contributed by atoms with E-state index < -0.39 is 6.10 Å². The fraction of sp³-hybridized carbons (Fsp3) is 0.857. The Balaban J connectivity index is 3.21. The van der Waals surface area contributed by atoms with Crippen LogP contribution in [0.1, 0.15) is 71.1 Å². The SMILES string of the molecule is [CH2]CC(=O)CC(O)CCCCCCCCC. The van der Waals surface area contributed by atoms with Crippen LogP contribution < -0.4 is 0 Å². The molecule has 1 radical (unpaired) electrons. The fourth-order valence-corrected chi connectivity index (χ4v) is 1.80. The lowest BCUT2D eigenvalue weighted by atomic mass is 10.0. The molecule has 0 rings (SSSR count). The van der Waals surface area contributed by atoms with Gasteiger partial charge in [0.25, 0.3) is 0 Å². The molecule has 1 N–H and O–H groups in total. The Labute approximate surface area is 100 Å². The van der Waals surface area contributed by atoms with Gasteiger partial charge in [-0.1, -0.05) is 51.9 Å². The van der Waals surface area contributed by atoms with Crippen LogP contribution in [0.25, 0.3) is 0 Å². The van der Waals surface area contributed by atoms with Gasteiger partial charge < -0.3 is 5.11 Å². The number of carbonyl (C=O) groups is 1. The van der Waals surface area contributed by atoms with Crippen LogP contribution in [0, 0.1) is 6.92 Å². The van der Waals surface area contributed by atoms with Crippen molar-refractivity contribution in [2.75, 3.05) is 0 Å². The van der Waals surface area contributed by atoms with Crippen LogP contribution in [0.5, 0.6) is 0 Å². The minimum absolute atomic E-state index is 0.0652. The summed E-state index contributed by atoms with van der Waals surface area (Å²) < 4.78 is 0. The van der Waals surface area contributed by atoms with Crippen molar-refractivity contribution in [2.24, 2.45) is 0 Å². The van der Waals surface area contributed by atoms with E-state index in [-0.39, 0.29) is 5.78 Å². The van der Waals surface area contributed by atoms with Crippen molar-refractivity contribution >= 4 is 5.78 Å². The first-order valence-corrected chi connectivity index (χ1v) is 6.69. The third kappa shape index (κ3) is 10.2. The molecule has 2 heteroatoms. The molecule has 0 aromatic heterocycles. The van der Waals surface area contributed by atoms with Gasteiger partial charge >= 0.3 is 0 Å². The van der Waals surface area contributed by atoms with Crippen molar-refractivity contribution in [3.63, 3.8) is 0 Å². The second-order valence-electron chi connectivity index (χ2n) is 4.56. The van der Waals surface area contributed by atoms with E-state index in [1.54, 1.807) is 0 Å². The van der Waals surface area contributed by atoms with Crippen molar-refractivity contribution in [1.82, 2.24) is 0 Å². The number of carbonyl (C=O) groups excluding carboxylic acids is 1. The van der Waals surface area contributed by atoms with Gasteiger partial charge in [-0.2, -0.15) is 0 Å². The van der Waals surface area contributed by atoms with Crippen molar-refractivity contribution in [2.45, 2.75) is 77.2 Å². The Hall–Kier alpha value is -0.370. The molecule has 0 aliphatic carbocycles. The first kappa shape index (κ1) is 15.6. The van der Waals surface area contributed by atoms with Gasteiger partial charge in [-0.3, -0.25) is 4.79 Å². The highest BCUT2D eigenvalue weighted by atomic mass is 16.3. The molecule has 0 saturated carbocycles. The van der Waals surface area contributed by atoms with E-state index in [0.717, 1.165) is 12.8 Å². The lowest BCUT2D eigenvalue weighted by molar-refractivity contribution is -0.120. The van der Waals surface area contributed by atoms with Crippen molar-refractivity contribution in [3.05, 3.63) is 6.92 Å². The van der Waals surface area contributed by atoms with Gasteiger partial charge in [-0.05, 0) is 13.3 Å². The van der Waals surface area contributed by atoms with E-state index in [4.69, 9.17) is 0 Å². The Bertz CT molecular complexity index is 166. The monoisotopic (exact) mass is 227 g/mol. The highest BCUT2D eigenvalue weighted by Gasteiger charge is 2.08. The minimum atomic E-state index is -0.440. The largest absolute Gasteiger partial charge is 0.393 e. The average molecular weight is 227 g/mol. The van der Waals surface area contributed by atoms with Gasteiger partial charge in [0.15, 0.2) is 0 Å². The van der Waals surface area contributed by atoms with Gasteiger partial charge in [-0.25, -0.2) is 0 Å². The molecule has 16 heavy (non-hydrogen) atoms. The smallest absolute Gasteiger partial charge is 0.135 e. The molecule has 95 valence electrons. The van der Waals surface area contributed by atoms with Gasteiger partial charge in [0, 0.05) is 12.8 Å². The Morgan fingerprint density at radius 2 is 1.69 bits per heavy atom. The molecule has 0 aromatic rings. The molecule has 2 nitrogen and oxygen atoms in total. The molecule has 0 amide bonds. The number of rotatable bonds is 11.